The van der Waals surface area contributed by atoms with Crippen molar-refractivity contribution in [2.75, 3.05) is 23.3 Å². The first-order valence-electron chi connectivity index (χ1n) is 9.22. The van der Waals surface area contributed by atoms with Crippen molar-refractivity contribution in [1.29, 1.82) is 0 Å². The lowest BCUT2D eigenvalue weighted by Gasteiger charge is -2.17. The van der Waals surface area contributed by atoms with Gasteiger partial charge in [-0.2, -0.15) is 0 Å². The van der Waals surface area contributed by atoms with Gasteiger partial charge in [-0.3, -0.25) is 4.79 Å². The minimum Gasteiger partial charge on any atom is -0.372 e. The van der Waals surface area contributed by atoms with Crippen LogP contribution in [0.25, 0.3) is 5.57 Å². The number of allylic oxidation sites excluding steroid dienone is 4. The third-order valence-electron chi connectivity index (χ3n) is 4.52. The Balaban J connectivity index is 1.64. The first kappa shape index (κ1) is 19.3. The molecule has 2 heterocycles. The monoisotopic (exact) mass is 385 g/mol. The number of aromatic nitrogens is 1. The molecule has 142 valence electrons. The molecule has 1 fully saturated rings. The van der Waals surface area contributed by atoms with Crippen LogP contribution in [-0.2, 0) is 0 Å². The summed E-state index contributed by atoms with van der Waals surface area (Å²) in [4.78, 5) is 19.2. The van der Waals surface area contributed by atoms with Gasteiger partial charge >= 0.3 is 0 Å². The number of amides is 1. The molecule has 0 radical (unpaired) electrons. The topological polar surface area (TPSA) is 45.2 Å². The number of thiazole rings is 1. The minimum absolute atomic E-state index is 0.179. The molecule has 1 saturated heterocycles. The molecule has 0 saturated carbocycles. The van der Waals surface area contributed by atoms with Crippen LogP contribution < -0.4 is 10.2 Å². The minimum atomic E-state index is -0.241. The molecule has 1 N–H and O–H groups in total. The Morgan fingerprint density at radius 2 is 1.96 bits per heavy atom. The maximum Gasteiger partial charge on any atom is 0.275 e. The van der Waals surface area contributed by atoms with E-state index in [4.69, 9.17) is 0 Å². The zero-order valence-electron chi connectivity index (χ0n) is 15.7. The molecular weight excluding hydrogens is 361 g/mol. The number of halogens is 1. The van der Waals surface area contributed by atoms with Gasteiger partial charge in [-0.25, -0.2) is 9.37 Å². The summed E-state index contributed by atoms with van der Waals surface area (Å²) in [6.45, 7) is 5.81. The van der Waals surface area contributed by atoms with Crippen molar-refractivity contribution < 1.29 is 9.18 Å². The Kier molecular flexibility index (Phi) is 6.40. The van der Waals surface area contributed by atoms with Gasteiger partial charge in [0.2, 0.25) is 0 Å². The fourth-order valence-corrected chi connectivity index (χ4v) is 3.68. The first-order valence-corrected chi connectivity index (χ1v) is 10.1. The average Bonchev–Trinajstić information content (AvgIpc) is 3.38. The normalized spacial score (nSPS) is 15.3. The molecule has 2 aromatic rings. The van der Waals surface area contributed by atoms with Crippen molar-refractivity contribution in [1.82, 2.24) is 4.98 Å². The smallest absolute Gasteiger partial charge is 0.275 e. The summed E-state index contributed by atoms with van der Waals surface area (Å²) >= 11 is 1.38. The van der Waals surface area contributed by atoms with Crippen LogP contribution in [0.4, 0.5) is 15.8 Å². The van der Waals surface area contributed by atoms with Gasteiger partial charge in [0.15, 0.2) is 0 Å². The van der Waals surface area contributed by atoms with Crippen LogP contribution in [0.5, 0.6) is 0 Å². The Hall–Kier alpha value is -2.47. The highest BCUT2D eigenvalue weighted by molar-refractivity contribution is 7.11. The number of hydrogen-bond acceptors (Lipinski definition) is 4. The third kappa shape index (κ3) is 5.04. The van der Waals surface area contributed by atoms with Gasteiger partial charge in [0, 0.05) is 29.8 Å². The number of rotatable bonds is 6. The van der Waals surface area contributed by atoms with E-state index in [0.717, 1.165) is 24.4 Å². The van der Waals surface area contributed by atoms with E-state index in [-0.39, 0.29) is 11.7 Å². The molecule has 1 aromatic carbocycles. The second-order valence-corrected chi connectivity index (χ2v) is 7.41. The number of benzene rings is 1. The van der Waals surface area contributed by atoms with Gasteiger partial charge in [0.05, 0.1) is 5.83 Å². The zero-order chi connectivity index (χ0) is 19.2. The van der Waals surface area contributed by atoms with Gasteiger partial charge in [0.1, 0.15) is 10.7 Å². The zero-order valence-corrected chi connectivity index (χ0v) is 16.5. The molecule has 1 amide bonds. The SMILES string of the molecule is CC/C(F)=C\C=C(/C)c1nc(C(=O)Nc2ccc(N3CCCC3)cc2)cs1. The predicted octanol–water partition coefficient (Wildman–Crippen LogP) is 5.66. The quantitative estimate of drug-likeness (QED) is 0.652. The first-order chi connectivity index (χ1) is 13.1. The summed E-state index contributed by atoms with van der Waals surface area (Å²) < 4.78 is 13.2. The van der Waals surface area contributed by atoms with Crippen LogP contribution in [0, 0.1) is 0 Å². The maximum atomic E-state index is 13.2. The lowest BCUT2D eigenvalue weighted by Crippen LogP contribution is -2.17. The van der Waals surface area contributed by atoms with E-state index in [2.05, 4.69) is 15.2 Å². The summed E-state index contributed by atoms with van der Waals surface area (Å²) in [6.07, 6.45) is 5.97. The van der Waals surface area contributed by atoms with Crippen molar-refractivity contribution in [2.45, 2.75) is 33.1 Å². The predicted molar refractivity (Wildman–Crippen MR) is 111 cm³/mol. The molecule has 1 aliphatic heterocycles. The second kappa shape index (κ2) is 8.95. The number of carbonyl (C=O) groups excluding carboxylic acids is 1. The Morgan fingerprint density at radius 1 is 1.26 bits per heavy atom. The van der Waals surface area contributed by atoms with Crippen LogP contribution in [0.15, 0.2) is 47.6 Å². The van der Waals surface area contributed by atoms with Crippen molar-refractivity contribution in [2.24, 2.45) is 0 Å². The van der Waals surface area contributed by atoms with Gasteiger partial charge in [-0.05, 0) is 62.1 Å². The molecule has 3 rings (SSSR count). The van der Waals surface area contributed by atoms with E-state index in [0.29, 0.717) is 17.1 Å². The van der Waals surface area contributed by atoms with Crippen molar-refractivity contribution >= 4 is 34.2 Å². The van der Waals surface area contributed by atoms with Gasteiger partial charge in [-0.15, -0.1) is 11.3 Å². The largest absolute Gasteiger partial charge is 0.372 e. The molecule has 6 heteroatoms. The van der Waals surface area contributed by atoms with Gasteiger partial charge in [-0.1, -0.05) is 13.0 Å². The lowest BCUT2D eigenvalue weighted by atomic mass is 10.2. The summed E-state index contributed by atoms with van der Waals surface area (Å²) in [6, 6.07) is 7.91. The fraction of sp³-hybridized carbons (Fsp3) is 0.333. The third-order valence-corrected chi connectivity index (χ3v) is 5.50. The average molecular weight is 386 g/mol. The highest BCUT2D eigenvalue weighted by Gasteiger charge is 2.14. The van der Waals surface area contributed by atoms with Crippen LogP contribution in [0.3, 0.4) is 0 Å². The Bertz CT molecular complexity index is 849. The molecule has 4 nitrogen and oxygen atoms in total. The highest BCUT2D eigenvalue weighted by atomic mass is 32.1. The summed E-state index contributed by atoms with van der Waals surface area (Å²) in [5, 5.41) is 5.32. The molecule has 0 bridgehead atoms. The Morgan fingerprint density at radius 3 is 2.63 bits per heavy atom. The number of carbonyl (C=O) groups is 1. The summed E-state index contributed by atoms with van der Waals surface area (Å²) in [5.41, 5.74) is 3.14. The molecule has 0 unspecified atom stereocenters. The van der Waals surface area contributed by atoms with E-state index in [1.165, 1.54) is 35.9 Å². The number of hydrogen-bond donors (Lipinski definition) is 1. The van der Waals surface area contributed by atoms with Crippen LogP contribution in [0.1, 0.15) is 48.6 Å². The fourth-order valence-electron chi connectivity index (χ4n) is 2.89. The van der Waals surface area contributed by atoms with Gasteiger partial charge in [0.25, 0.3) is 5.91 Å². The van der Waals surface area contributed by atoms with Crippen molar-refractivity contribution in [3.05, 3.63) is 58.3 Å². The van der Waals surface area contributed by atoms with Crippen LogP contribution in [0.2, 0.25) is 0 Å². The number of nitrogens with zero attached hydrogens (tertiary/aromatic N) is 2. The molecule has 1 aromatic heterocycles. The molecule has 0 aliphatic carbocycles. The molecule has 0 atom stereocenters. The number of anilines is 2. The number of nitrogens with one attached hydrogen (secondary N) is 1. The van der Waals surface area contributed by atoms with Crippen molar-refractivity contribution in [3.8, 4) is 0 Å². The van der Waals surface area contributed by atoms with Gasteiger partial charge < -0.3 is 10.2 Å². The lowest BCUT2D eigenvalue weighted by molar-refractivity contribution is 0.102. The van der Waals surface area contributed by atoms with E-state index in [1.807, 2.05) is 31.2 Å². The summed E-state index contributed by atoms with van der Waals surface area (Å²) in [5.74, 6) is -0.421. The summed E-state index contributed by atoms with van der Waals surface area (Å²) in [7, 11) is 0. The second-order valence-electron chi connectivity index (χ2n) is 6.55. The molecule has 1 aliphatic rings. The molecule has 27 heavy (non-hydrogen) atoms. The van der Waals surface area contributed by atoms with E-state index in [1.54, 1.807) is 18.4 Å². The van der Waals surface area contributed by atoms with E-state index >= 15 is 0 Å². The van der Waals surface area contributed by atoms with E-state index in [9.17, 15) is 9.18 Å². The van der Waals surface area contributed by atoms with Crippen LogP contribution in [-0.4, -0.2) is 24.0 Å². The molecule has 0 spiro atoms. The highest BCUT2D eigenvalue weighted by Crippen LogP contribution is 2.23. The van der Waals surface area contributed by atoms with Crippen LogP contribution >= 0.6 is 11.3 Å². The maximum absolute atomic E-state index is 13.2. The Labute approximate surface area is 163 Å². The standard InChI is InChI=1S/C21H24FN3OS/c1-3-16(22)7-6-15(2)21-24-19(14-27-21)20(26)23-17-8-10-18(11-9-17)25-12-4-5-13-25/h6-11,14H,3-5,12-13H2,1-2H3,(H,23,26)/b15-6+,16-7+. The van der Waals surface area contributed by atoms with Crippen molar-refractivity contribution in [3.63, 3.8) is 0 Å². The molecular formula is C21H24FN3OS. The van der Waals surface area contributed by atoms with E-state index < -0.39 is 0 Å².